The molecule has 2 aromatic rings. The van der Waals surface area contributed by atoms with Crippen LogP contribution >= 0.6 is 0 Å². The van der Waals surface area contributed by atoms with Gasteiger partial charge in [-0.2, -0.15) is 0 Å². The van der Waals surface area contributed by atoms with E-state index in [2.05, 4.69) is 24.4 Å². The number of hydrogen-bond acceptors (Lipinski definition) is 4. The maximum Gasteiger partial charge on any atom is 0.122 e. The van der Waals surface area contributed by atoms with Crippen molar-refractivity contribution >= 4 is 0 Å². The van der Waals surface area contributed by atoms with E-state index in [9.17, 15) is 0 Å². The van der Waals surface area contributed by atoms with Crippen molar-refractivity contribution in [1.82, 2.24) is 5.32 Å². The van der Waals surface area contributed by atoms with Gasteiger partial charge in [0.05, 0.1) is 21.3 Å². The number of hydrogen-bond donors (Lipinski definition) is 1. The molecule has 0 bridgehead atoms. The highest BCUT2D eigenvalue weighted by Gasteiger charge is 2.06. The largest absolute Gasteiger partial charge is 0.497 e. The fourth-order valence-corrected chi connectivity index (χ4v) is 2.45. The van der Waals surface area contributed by atoms with Crippen LogP contribution in [0.25, 0.3) is 0 Å². The molecule has 0 fully saturated rings. The molecule has 0 aromatic heterocycles. The highest BCUT2D eigenvalue weighted by atomic mass is 16.5. The molecule has 4 nitrogen and oxygen atoms in total. The molecule has 23 heavy (non-hydrogen) atoms. The number of rotatable bonds is 8. The van der Waals surface area contributed by atoms with Gasteiger partial charge in [0.2, 0.25) is 0 Å². The van der Waals surface area contributed by atoms with E-state index in [0.29, 0.717) is 6.04 Å². The summed E-state index contributed by atoms with van der Waals surface area (Å²) in [7, 11) is 5.01. The standard InChI is InChI=1S/C19H25NO3/c1-14(9-15-5-7-17(21-2)8-6-15)20-13-16-10-18(22-3)12-19(11-16)23-4/h5-8,10-12,14,20H,9,13H2,1-4H3/t14-/m0/s1. The monoisotopic (exact) mass is 315 g/mol. The third kappa shape index (κ3) is 5.18. The second-order valence-corrected chi connectivity index (χ2v) is 5.56. The summed E-state index contributed by atoms with van der Waals surface area (Å²) in [6, 6.07) is 14.5. The summed E-state index contributed by atoms with van der Waals surface area (Å²) < 4.78 is 15.8. The zero-order chi connectivity index (χ0) is 16.7. The average Bonchev–Trinajstić information content (AvgIpc) is 2.60. The van der Waals surface area contributed by atoms with Crippen LogP contribution in [0.1, 0.15) is 18.1 Å². The maximum atomic E-state index is 5.30. The maximum absolute atomic E-state index is 5.30. The van der Waals surface area contributed by atoms with Crippen molar-refractivity contribution in [3.05, 3.63) is 53.6 Å². The summed E-state index contributed by atoms with van der Waals surface area (Å²) in [5.41, 5.74) is 2.43. The van der Waals surface area contributed by atoms with E-state index in [1.54, 1.807) is 21.3 Å². The predicted molar refractivity (Wildman–Crippen MR) is 92.5 cm³/mol. The Kier molecular flexibility index (Phi) is 6.29. The SMILES string of the molecule is COc1ccc(C[C@H](C)NCc2cc(OC)cc(OC)c2)cc1. The van der Waals surface area contributed by atoms with Gasteiger partial charge >= 0.3 is 0 Å². The van der Waals surface area contributed by atoms with E-state index in [4.69, 9.17) is 14.2 Å². The van der Waals surface area contributed by atoms with Gasteiger partial charge in [-0.05, 0) is 48.7 Å². The van der Waals surface area contributed by atoms with Crippen LogP contribution in [0.4, 0.5) is 0 Å². The molecular weight excluding hydrogens is 290 g/mol. The molecule has 1 N–H and O–H groups in total. The number of benzene rings is 2. The van der Waals surface area contributed by atoms with Crippen molar-refractivity contribution in [2.45, 2.75) is 25.9 Å². The van der Waals surface area contributed by atoms with Crippen LogP contribution < -0.4 is 19.5 Å². The zero-order valence-corrected chi connectivity index (χ0v) is 14.3. The lowest BCUT2D eigenvalue weighted by Crippen LogP contribution is -2.27. The Balaban J connectivity index is 1.91. The highest BCUT2D eigenvalue weighted by Crippen LogP contribution is 2.22. The van der Waals surface area contributed by atoms with Gasteiger partial charge in [-0.25, -0.2) is 0 Å². The summed E-state index contributed by atoms with van der Waals surface area (Å²) in [4.78, 5) is 0. The molecule has 0 heterocycles. The minimum Gasteiger partial charge on any atom is -0.497 e. The lowest BCUT2D eigenvalue weighted by atomic mass is 10.1. The molecule has 0 amide bonds. The second kappa shape index (κ2) is 8.44. The molecule has 124 valence electrons. The summed E-state index contributed by atoms with van der Waals surface area (Å²) >= 11 is 0. The molecule has 0 aliphatic carbocycles. The number of methoxy groups -OCH3 is 3. The first-order valence-corrected chi connectivity index (χ1v) is 7.73. The van der Waals surface area contributed by atoms with Gasteiger partial charge in [-0.3, -0.25) is 0 Å². The van der Waals surface area contributed by atoms with E-state index < -0.39 is 0 Å². The molecule has 0 aliphatic rings. The Morgan fingerprint density at radius 1 is 0.783 bits per heavy atom. The summed E-state index contributed by atoms with van der Waals surface area (Å²) in [6.07, 6.45) is 0.963. The second-order valence-electron chi connectivity index (χ2n) is 5.56. The first-order chi connectivity index (χ1) is 11.1. The van der Waals surface area contributed by atoms with Crippen molar-refractivity contribution < 1.29 is 14.2 Å². The molecular formula is C19H25NO3. The van der Waals surface area contributed by atoms with Gasteiger partial charge in [0.15, 0.2) is 0 Å². The molecule has 4 heteroatoms. The summed E-state index contributed by atoms with van der Waals surface area (Å²) in [5.74, 6) is 2.51. The van der Waals surface area contributed by atoms with Crippen LogP contribution in [-0.4, -0.2) is 27.4 Å². The highest BCUT2D eigenvalue weighted by molar-refractivity contribution is 5.38. The van der Waals surface area contributed by atoms with Crippen LogP contribution in [0, 0.1) is 0 Å². The van der Waals surface area contributed by atoms with Gasteiger partial charge in [-0.15, -0.1) is 0 Å². The Morgan fingerprint density at radius 3 is 1.87 bits per heavy atom. The van der Waals surface area contributed by atoms with Crippen molar-refractivity contribution in [2.24, 2.45) is 0 Å². The first kappa shape index (κ1) is 17.2. The Hall–Kier alpha value is -2.20. The lowest BCUT2D eigenvalue weighted by molar-refractivity contribution is 0.392. The third-order valence-corrected chi connectivity index (χ3v) is 3.77. The Bertz CT molecular complexity index is 588. The van der Waals surface area contributed by atoms with E-state index in [-0.39, 0.29) is 0 Å². The molecule has 0 spiro atoms. The lowest BCUT2D eigenvalue weighted by Gasteiger charge is -2.15. The molecule has 2 aromatic carbocycles. The van der Waals surface area contributed by atoms with Gasteiger partial charge in [-0.1, -0.05) is 12.1 Å². The molecule has 0 unspecified atom stereocenters. The van der Waals surface area contributed by atoms with Crippen LogP contribution in [0.3, 0.4) is 0 Å². The zero-order valence-electron chi connectivity index (χ0n) is 14.3. The van der Waals surface area contributed by atoms with E-state index in [0.717, 1.165) is 35.8 Å². The summed E-state index contributed by atoms with van der Waals surface area (Å²) in [6.45, 7) is 2.95. The molecule has 1 atom stereocenters. The van der Waals surface area contributed by atoms with Crippen LogP contribution in [-0.2, 0) is 13.0 Å². The van der Waals surface area contributed by atoms with E-state index in [1.807, 2.05) is 30.3 Å². The quantitative estimate of drug-likeness (QED) is 0.810. The van der Waals surface area contributed by atoms with Gasteiger partial charge in [0.1, 0.15) is 17.2 Å². The molecule has 2 rings (SSSR count). The number of ether oxygens (including phenoxy) is 3. The fourth-order valence-electron chi connectivity index (χ4n) is 2.45. The van der Waals surface area contributed by atoms with Gasteiger partial charge < -0.3 is 19.5 Å². The predicted octanol–water partition coefficient (Wildman–Crippen LogP) is 3.43. The van der Waals surface area contributed by atoms with Crippen molar-refractivity contribution in [3.63, 3.8) is 0 Å². The molecule has 0 saturated heterocycles. The topological polar surface area (TPSA) is 39.7 Å². The van der Waals surface area contributed by atoms with Crippen molar-refractivity contribution in [3.8, 4) is 17.2 Å². The van der Waals surface area contributed by atoms with E-state index >= 15 is 0 Å². The van der Waals surface area contributed by atoms with Crippen molar-refractivity contribution in [1.29, 1.82) is 0 Å². The van der Waals surface area contributed by atoms with Crippen molar-refractivity contribution in [2.75, 3.05) is 21.3 Å². The smallest absolute Gasteiger partial charge is 0.122 e. The van der Waals surface area contributed by atoms with Gasteiger partial charge in [0, 0.05) is 18.7 Å². The number of nitrogens with one attached hydrogen (secondary N) is 1. The van der Waals surface area contributed by atoms with E-state index in [1.165, 1.54) is 5.56 Å². The Morgan fingerprint density at radius 2 is 1.35 bits per heavy atom. The molecule has 0 aliphatic heterocycles. The van der Waals surface area contributed by atoms with Crippen LogP contribution in [0.15, 0.2) is 42.5 Å². The third-order valence-electron chi connectivity index (χ3n) is 3.77. The Labute approximate surface area is 138 Å². The average molecular weight is 315 g/mol. The first-order valence-electron chi connectivity index (χ1n) is 7.73. The van der Waals surface area contributed by atoms with Crippen LogP contribution in [0.5, 0.6) is 17.2 Å². The van der Waals surface area contributed by atoms with Gasteiger partial charge in [0.25, 0.3) is 0 Å². The fraction of sp³-hybridized carbons (Fsp3) is 0.368. The van der Waals surface area contributed by atoms with Crippen LogP contribution in [0.2, 0.25) is 0 Å². The normalized spacial score (nSPS) is 11.8. The minimum absolute atomic E-state index is 0.362. The molecule has 0 saturated carbocycles. The summed E-state index contributed by atoms with van der Waals surface area (Å²) in [5, 5.41) is 3.54. The minimum atomic E-state index is 0.362. The molecule has 0 radical (unpaired) electrons.